The van der Waals surface area contributed by atoms with Gasteiger partial charge in [0.05, 0.1) is 5.41 Å². The van der Waals surface area contributed by atoms with Crippen molar-refractivity contribution < 1.29 is 28.6 Å². The van der Waals surface area contributed by atoms with Crippen LogP contribution in [0.15, 0.2) is 24.3 Å². The third-order valence-corrected chi connectivity index (χ3v) is 10.0. The molecule has 0 aliphatic carbocycles. The number of nitrogens with zero attached hydrogens (tertiary/aromatic N) is 1. The molecular weight excluding hydrogens is 675 g/mol. The lowest BCUT2D eigenvalue weighted by Gasteiger charge is -2.28. The average Bonchev–Trinajstić information content (AvgIpc) is 3.15. The van der Waals surface area contributed by atoms with Crippen LogP contribution in [-0.4, -0.2) is 63.3 Å². The normalized spacial score (nSPS) is 12.0. The summed E-state index contributed by atoms with van der Waals surface area (Å²) >= 11 is 0. The number of esters is 3. The predicted octanol–water partition coefficient (Wildman–Crippen LogP) is 13.0. The van der Waals surface area contributed by atoms with E-state index in [9.17, 15) is 14.4 Å². The molecule has 7 heteroatoms. The number of rotatable bonds is 40. The van der Waals surface area contributed by atoms with Gasteiger partial charge in [-0.05, 0) is 98.2 Å². The molecule has 0 amide bonds. The highest BCUT2D eigenvalue weighted by atomic mass is 16.6. The molecule has 7 nitrogen and oxygen atoms in total. The summed E-state index contributed by atoms with van der Waals surface area (Å²) in [7, 11) is 3.94. The monoisotopic (exact) mass is 762 g/mol. The first-order valence-electron chi connectivity index (χ1n) is 22.6. The van der Waals surface area contributed by atoms with Crippen LogP contribution in [0.25, 0.3) is 0 Å². The van der Waals surface area contributed by atoms with Gasteiger partial charge in [-0.1, -0.05) is 141 Å². The van der Waals surface area contributed by atoms with Crippen molar-refractivity contribution in [2.45, 2.75) is 213 Å². The van der Waals surface area contributed by atoms with Gasteiger partial charge in [-0.3, -0.25) is 14.4 Å². The number of hydrogen-bond donors (Lipinski definition) is 0. The fraction of sp³-hybridized carbons (Fsp3) is 0.851. The molecule has 0 unspecified atom stereocenters. The average molecular weight is 762 g/mol. The van der Waals surface area contributed by atoms with Gasteiger partial charge in [-0.15, -0.1) is 0 Å². The Labute approximate surface area is 334 Å². The van der Waals surface area contributed by atoms with Gasteiger partial charge in [-0.2, -0.15) is 0 Å². The van der Waals surface area contributed by atoms with Crippen molar-refractivity contribution in [2.75, 3.05) is 40.5 Å². The molecule has 0 aromatic heterocycles. The summed E-state index contributed by atoms with van der Waals surface area (Å²) in [6.07, 6.45) is 42.5. The van der Waals surface area contributed by atoms with E-state index < -0.39 is 5.41 Å². The summed E-state index contributed by atoms with van der Waals surface area (Å²) in [5.41, 5.74) is -0.798. The summed E-state index contributed by atoms with van der Waals surface area (Å²) in [5, 5.41) is 0. The van der Waals surface area contributed by atoms with Gasteiger partial charge in [0.15, 0.2) is 0 Å². The molecule has 0 heterocycles. The molecule has 0 aromatic carbocycles. The SMILES string of the molecule is CCCCCCCC/C=C\CCCCCCCC(=O)OCC(C)(COC(=O)CCCCCCC/C=C\CCCCCCCC)COC(=O)CCCN(C)C. The first-order valence-corrected chi connectivity index (χ1v) is 22.6. The number of unbranched alkanes of at least 4 members (excludes halogenated alkanes) is 22. The Kier molecular flexibility index (Phi) is 37.5. The Morgan fingerprint density at radius 2 is 0.704 bits per heavy atom. The summed E-state index contributed by atoms with van der Waals surface area (Å²) < 4.78 is 16.9. The maximum atomic E-state index is 12.6. The minimum absolute atomic E-state index is 0.0369. The van der Waals surface area contributed by atoms with Crippen LogP contribution in [0, 0.1) is 5.41 Å². The van der Waals surface area contributed by atoms with E-state index in [-0.39, 0.29) is 37.7 Å². The molecule has 0 aliphatic rings. The standard InChI is InChI=1S/C47H87NO6/c1-6-8-10-12-14-16-18-20-22-24-26-28-30-32-34-37-44(49)52-41-47(3,43-54-46(51)39-36-40-48(4)5)42-53-45(50)38-35-33-31-29-27-25-23-21-19-17-15-13-11-9-7-2/h20-23H,6-19,24-43H2,1-5H3/b22-20-,23-21-. The van der Waals surface area contributed by atoms with Gasteiger partial charge in [0.1, 0.15) is 19.8 Å². The largest absolute Gasteiger partial charge is 0.465 e. The molecule has 0 fully saturated rings. The van der Waals surface area contributed by atoms with Gasteiger partial charge in [-0.25, -0.2) is 0 Å². The maximum absolute atomic E-state index is 12.6. The van der Waals surface area contributed by atoms with Crippen molar-refractivity contribution in [1.82, 2.24) is 4.90 Å². The molecule has 0 bridgehead atoms. The molecular formula is C47H87NO6. The van der Waals surface area contributed by atoms with Crippen molar-refractivity contribution in [3.8, 4) is 0 Å². The Balaban J connectivity index is 4.32. The third-order valence-electron chi connectivity index (χ3n) is 10.0. The molecule has 316 valence electrons. The molecule has 0 radical (unpaired) electrons. The number of carbonyl (C=O) groups excluding carboxylic acids is 3. The van der Waals surface area contributed by atoms with Crippen LogP contribution in [-0.2, 0) is 28.6 Å². The molecule has 0 saturated carbocycles. The second-order valence-corrected chi connectivity index (χ2v) is 16.4. The van der Waals surface area contributed by atoms with Crippen molar-refractivity contribution in [2.24, 2.45) is 5.41 Å². The Morgan fingerprint density at radius 3 is 1.02 bits per heavy atom. The number of ether oxygens (including phenoxy) is 3. The molecule has 54 heavy (non-hydrogen) atoms. The van der Waals surface area contributed by atoms with Gasteiger partial charge in [0.25, 0.3) is 0 Å². The molecule has 0 rings (SSSR count). The fourth-order valence-corrected chi connectivity index (χ4v) is 6.33. The van der Waals surface area contributed by atoms with Crippen LogP contribution in [0.1, 0.15) is 213 Å². The molecule has 0 aliphatic heterocycles. The van der Waals surface area contributed by atoms with Crippen molar-refractivity contribution in [3.05, 3.63) is 24.3 Å². The Hall–Kier alpha value is -2.15. The summed E-state index contributed by atoms with van der Waals surface area (Å²) in [6, 6.07) is 0. The zero-order valence-corrected chi connectivity index (χ0v) is 36.2. The van der Waals surface area contributed by atoms with E-state index in [1.165, 1.54) is 116 Å². The fourth-order valence-electron chi connectivity index (χ4n) is 6.33. The predicted molar refractivity (Wildman–Crippen MR) is 228 cm³/mol. The zero-order chi connectivity index (χ0) is 39.8. The molecule has 0 N–H and O–H groups in total. The van der Waals surface area contributed by atoms with Gasteiger partial charge >= 0.3 is 17.9 Å². The minimum Gasteiger partial charge on any atom is -0.465 e. The van der Waals surface area contributed by atoms with Crippen molar-refractivity contribution in [3.63, 3.8) is 0 Å². The molecule has 0 spiro atoms. The van der Waals surface area contributed by atoms with Crippen LogP contribution in [0.2, 0.25) is 0 Å². The van der Waals surface area contributed by atoms with E-state index in [1.54, 1.807) is 0 Å². The van der Waals surface area contributed by atoms with Crippen LogP contribution in [0.3, 0.4) is 0 Å². The zero-order valence-electron chi connectivity index (χ0n) is 36.2. The smallest absolute Gasteiger partial charge is 0.305 e. The van der Waals surface area contributed by atoms with E-state index in [4.69, 9.17) is 14.2 Å². The quantitative estimate of drug-likeness (QED) is 0.0266. The van der Waals surface area contributed by atoms with Crippen LogP contribution in [0.4, 0.5) is 0 Å². The first kappa shape index (κ1) is 51.9. The third kappa shape index (κ3) is 38.1. The summed E-state index contributed by atoms with van der Waals surface area (Å²) in [4.78, 5) is 39.7. The highest BCUT2D eigenvalue weighted by Crippen LogP contribution is 2.21. The lowest BCUT2D eigenvalue weighted by Crippen LogP contribution is -2.37. The van der Waals surface area contributed by atoms with Gasteiger partial charge < -0.3 is 19.1 Å². The molecule has 0 aromatic rings. The lowest BCUT2D eigenvalue weighted by atomic mass is 9.94. The summed E-state index contributed by atoms with van der Waals surface area (Å²) in [6.45, 7) is 7.30. The van der Waals surface area contributed by atoms with Gasteiger partial charge in [0, 0.05) is 19.3 Å². The highest BCUT2D eigenvalue weighted by molar-refractivity contribution is 5.70. The Morgan fingerprint density at radius 1 is 0.426 bits per heavy atom. The lowest BCUT2D eigenvalue weighted by molar-refractivity contribution is -0.160. The van der Waals surface area contributed by atoms with Crippen LogP contribution in [0.5, 0.6) is 0 Å². The van der Waals surface area contributed by atoms with E-state index in [1.807, 2.05) is 25.9 Å². The minimum atomic E-state index is -0.798. The molecule has 0 saturated heterocycles. The Bertz CT molecular complexity index is 873. The molecule has 0 atom stereocenters. The topological polar surface area (TPSA) is 82.1 Å². The number of allylic oxidation sites excluding steroid dienone is 4. The number of hydrogen-bond acceptors (Lipinski definition) is 7. The van der Waals surface area contributed by atoms with Gasteiger partial charge in [0.2, 0.25) is 0 Å². The highest BCUT2D eigenvalue weighted by Gasteiger charge is 2.30. The van der Waals surface area contributed by atoms with Crippen LogP contribution < -0.4 is 0 Å². The van der Waals surface area contributed by atoms with Crippen molar-refractivity contribution >= 4 is 17.9 Å². The second-order valence-electron chi connectivity index (χ2n) is 16.4. The second kappa shape index (κ2) is 39.1. The first-order chi connectivity index (χ1) is 26.2. The summed E-state index contributed by atoms with van der Waals surface area (Å²) in [5.74, 6) is -0.797. The maximum Gasteiger partial charge on any atom is 0.305 e. The van der Waals surface area contributed by atoms with E-state index in [0.29, 0.717) is 25.7 Å². The van der Waals surface area contributed by atoms with Crippen LogP contribution >= 0.6 is 0 Å². The van der Waals surface area contributed by atoms with E-state index in [0.717, 1.165) is 57.9 Å². The van der Waals surface area contributed by atoms with Crippen molar-refractivity contribution in [1.29, 1.82) is 0 Å². The number of carbonyl (C=O) groups is 3. The van der Waals surface area contributed by atoms with E-state index >= 15 is 0 Å². The van der Waals surface area contributed by atoms with E-state index in [2.05, 4.69) is 38.2 Å².